The average Bonchev–Trinajstić information content (AvgIpc) is 2.86. The Balaban J connectivity index is 2.07. The van der Waals surface area contributed by atoms with E-state index in [1.54, 1.807) is 6.07 Å². The van der Waals surface area contributed by atoms with Crippen molar-refractivity contribution in [1.29, 1.82) is 0 Å². The van der Waals surface area contributed by atoms with E-state index in [9.17, 15) is 14.9 Å². The first-order chi connectivity index (χ1) is 10.1. The highest BCUT2D eigenvalue weighted by atomic mass is 16.6. The molecule has 3 aromatic rings. The summed E-state index contributed by atoms with van der Waals surface area (Å²) in [5.74, 6) is 0. The molecule has 21 heavy (non-hydrogen) atoms. The van der Waals surface area contributed by atoms with Gasteiger partial charge in [0.1, 0.15) is 0 Å². The molecule has 0 amide bonds. The summed E-state index contributed by atoms with van der Waals surface area (Å²) in [6.45, 7) is 0. The number of nitrogens with zero attached hydrogens (tertiary/aromatic N) is 1. The third-order valence-electron chi connectivity index (χ3n) is 3.98. The van der Waals surface area contributed by atoms with Crippen LogP contribution in [0.2, 0.25) is 0 Å². The minimum atomic E-state index is -0.485. The predicted molar refractivity (Wildman–Crippen MR) is 79.5 cm³/mol. The number of aromatic nitrogens is 1. The van der Waals surface area contributed by atoms with Gasteiger partial charge in [-0.2, -0.15) is 0 Å². The molecule has 0 saturated carbocycles. The third kappa shape index (κ3) is 1.61. The molecule has 1 N–H and O–H groups in total. The molecule has 0 radical (unpaired) electrons. The Morgan fingerprint density at radius 2 is 1.90 bits per heavy atom. The fourth-order valence-corrected chi connectivity index (χ4v) is 3.01. The zero-order chi connectivity index (χ0) is 14.6. The number of nitro benzene ring substituents is 1. The first-order valence-corrected chi connectivity index (χ1v) is 6.57. The molecular weight excluding hydrogens is 268 g/mol. The molecule has 0 saturated heterocycles. The zero-order valence-electron chi connectivity index (χ0n) is 10.9. The van der Waals surface area contributed by atoms with Gasteiger partial charge >= 0.3 is 0 Å². The predicted octanol–water partition coefficient (Wildman–Crippen LogP) is 3.01. The van der Waals surface area contributed by atoms with Crippen molar-refractivity contribution in [3.8, 4) is 11.3 Å². The molecule has 1 heterocycles. The minimum Gasteiger partial charge on any atom is -0.321 e. The van der Waals surface area contributed by atoms with Crippen LogP contribution in [0, 0.1) is 10.1 Å². The number of benzene rings is 2. The van der Waals surface area contributed by atoms with Crippen LogP contribution in [0.3, 0.4) is 0 Å². The molecule has 0 unspecified atom stereocenters. The van der Waals surface area contributed by atoms with Gasteiger partial charge in [-0.3, -0.25) is 14.9 Å². The van der Waals surface area contributed by atoms with E-state index in [-0.39, 0.29) is 11.2 Å². The number of fused-ring (bicyclic) bond motifs is 5. The number of nitro groups is 1. The van der Waals surface area contributed by atoms with Crippen molar-refractivity contribution < 1.29 is 4.92 Å². The molecule has 5 heteroatoms. The molecule has 1 aliphatic carbocycles. The van der Waals surface area contributed by atoms with Crippen LogP contribution in [0.4, 0.5) is 5.69 Å². The Labute approximate surface area is 119 Å². The first-order valence-electron chi connectivity index (χ1n) is 6.57. The molecule has 0 aliphatic heterocycles. The molecule has 0 fully saturated rings. The van der Waals surface area contributed by atoms with Gasteiger partial charge in [0.05, 0.1) is 16.0 Å². The van der Waals surface area contributed by atoms with Gasteiger partial charge in [0.2, 0.25) is 0 Å². The summed E-state index contributed by atoms with van der Waals surface area (Å²) in [7, 11) is 0. The highest BCUT2D eigenvalue weighted by Gasteiger charge is 2.22. The second-order valence-corrected chi connectivity index (χ2v) is 5.13. The number of hydrogen-bond donors (Lipinski definition) is 1. The second kappa shape index (κ2) is 4.02. The van der Waals surface area contributed by atoms with Gasteiger partial charge in [0.15, 0.2) is 0 Å². The number of non-ortho nitro benzene ring substituents is 1. The van der Waals surface area contributed by atoms with Crippen LogP contribution in [0.1, 0.15) is 11.1 Å². The van der Waals surface area contributed by atoms with Crippen LogP contribution in [-0.2, 0) is 6.42 Å². The van der Waals surface area contributed by atoms with Crippen LogP contribution in [-0.4, -0.2) is 9.91 Å². The Morgan fingerprint density at radius 1 is 1.10 bits per heavy atom. The Morgan fingerprint density at radius 3 is 2.71 bits per heavy atom. The maximum Gasteiger partial charge on any atom is 0.270 e. The monoisotopic (exact) mass is 278 g/mol. The Hall–Kier alpha value is -2.95. The molecule has 0 bridgehead atoms. The average molecular weight is 278 g/mol. The fourth-order valence-electron chi connectivity index (χ4n) is 3.01. The van der Waals surface area contributed by atoms with Crippen LogP contribution in [0.15, 0.2) is 47.3 Å². The normalized spacial score (nSPS) is 12.2. The van der Waals surface area contributed by atoms with Gasteiger partial charge in [-0.25, -0.2) is 0 Å². The van der Waals surface area contributed by atoms with E-state index >= 15 is 0 Å². The largest absolute Gasteiger partial charge is 0.321 e. The number of aromatic amines is 1. The van der Waals surface area contributed by atoms with E-state index in [4.69, 9.17) is 0 Å². The first kappa shape index (κ1) is 11.8. The lowest BCUT2D eigenvalue weighted by atomic mass is 10.0. The maximum absolute atomic E-state index is 12.2. The molecule has 5 nitrogen and oxygen atoms in total. The Bertz CT molecular complexity index is 973. The van der Waals surface area contributed by atoms with Gasteiger partial charge in [0, 0.05) is 24.1 Å². The quantitative estimate of drug-likeness (QED) is 0.429. The highest BCUT2D eigenvalue weighted by molar-refractivity contribution is 5.93. The van der Waals surface area contributed by atoms with Crippen molar-refractivity contribution in [2.75, 3.05) is 0 Å². The summed E-state index contributed by atoms with van der Waals surface area (Å²) in [4.78, 5) is 25.5. The van der Waals surface area contributed by atoms with Gasteiger partial charge in [0.25, 0.3) is 11.2 Å². The van der Waals surface area contributed by atoms with Crippen LogP contribution >= 0.6 is 0 Å². The van der Waals surface area contributed by atoms with Crippen molar-refractivity contribution >= 4 is 16.5 Å². The van der Waals surface area contributed by atoms with Gasteiger partial charge < -0.3 is 4.98 Å². The highest BCUT2D eigenvalue weighted by Crippen LogP contribution is 2.37. The van der Waals surface area contributed by atoms with Crippen molar-refractivity contribution in [2.45, 2.75) is 6.42 Å². The number of rotatable bonds is 1. The standard InChI is InChI=1S/C16H10N2O3/c19-16-14-8-10(18(20)21)5-6-12(14)13-7-9-3-1-2-4-11(9)15(13)17-16/h1-6,8H,7H2,(H,17,19). The smallest absolute Gasteiger partial charge is 0.270 e. The number of pyridine rings is 1. The van der Waals surface area contributed by atoms with E-state index in [0.29, 0.717) is 5.39 Å². The van der Waals surface area contributed by atoms with Crippen LogP contribution < -0.4 is 5.56 Å². The summed E-state index contributed by atoms with van der Waals surface area (Å²) in [6, 6.07) is 12.4. The van der Waals surface area contributed by atoms with Crippen molar-refractivity contribution in [3.05, 3.63) is 74.1 Å². The molecular formula is C16H10N2O3. The SMILES string of the molecule is O=c1[nH]c2c(c3ccc([N+](=O)[O-])cc13)Cc1ccccc1-2. The molecule has 0 spiro atoms. The summed E-state index contributed by atoms with van der Waals surface area (Å²) in [5, 5.41) is 12.0. The van der Waals surface area contributed by atoms with E-state index in [1.165, 1.54) is 12.1 Å². The summed E-state index contributed by atoms with van der Waals surface area (Å²) in [6.07, 6.45) is 0.733. The molecule has 0 atom stereocenters. The van der Waals surface area contributed by atoms with E-state index in [1.807, 2.05) is 24.3 Å². The lowest BCUT2D eigenvalue weighted by molar-refractivity contribution is -0.384. The minimum absolute atomic E-state index is 0.0662. The van der Waals surface area contributed by atoms with Crippen molar-refractivity contribution in [1.82, 2.24) is 4.98 Å². The second-order valence-electron chi connectivity index (χ2n) is 5.13. The van der Waals surface area contributed by atoms with Gasteiger partial charge in [-0.1, -0.05) is 24.3 Å². The number of H-pyrrole nitrogens is 1. The molecule has 2 aromatic carbocycles. The van der Waals surface area contributed by atoms with Crippen molar-refractivity contribution in [2.24, 2.45) is 0 Å². The van der Waals surface area contributed by atoms with Gasteiger partial charge in [-0.15, -0.1) is 0 Å². The van der Waals surface area contributed by atoms with E-state index < -0.39 is 4.92 Å². The number of hydrogen-bond acceptors (Lipinski definition) is 3. The van der Waals surface area contributed by atoms with Crippen LogP contribution in [0.25, 0.3) is 22.0 Å². The Kier molecular flexibility index (Phi) is 2.27. The third-order valence-corrected chi connectivity index (χ3v) is 3.98. The lowest BCUT2D eigenvalue weighted by Crippen LogP contribution is -2.09. The maximum atomic E-state index is 12.2. The van der Waals surface area contributed by atoms with Crippen molar-refractivity contribution in [3.63, 3.8) is 0 Å². The molecule has 1 aromatic heterocycles. The van der Waals surface area contributed by atoms with E-state index in [0.717, 1.165) is 34.2 Å². The number of nitrogens with one attached hydrogen (secondary N) is 1. The summed E-state index contributed by atoms with van der Waals surface area (Å²) < 4.78 is 0. The zero-order valence-corrected chi connectivity index (χ0v) is 10.9. The lowest BCUT2D eigenvalue weighted by Gasteiger charge is -2.05. The van der Waals surface area contributed by atoms with Crippen LogP contribution in [0.5, 0.6) is 0 Å². The van der Waals surface area contributed by atoms with E-state index in [2.05, 4.69) is 4.98 Å². The molecule has 102 valence electrons. The summed E-state index contributed by atoms with van der Waals surface area (Å²) in [5.41, 5.74) is 3.70. The fraction of sp³-hybridized carbons (Fsp3) is 0.0625. The molecule has 1 aliphatic rings. The summed E-state index contributed by atoms with van der Waals surface area (Å²) >= 11 is 0. The topological polar surface area (TPSA) is 76.0 Å². The molecule has 4 rings (SSSR count). The van der Waals surface area contributed by atoms with Gasteiger partial charge in [-0.05, 0) is 22.6 Å².